The molecular formula is C21H20ClN3O. The van der Waals surface area contributed by atoms with E-state index in [4.69, 9.17) is 11.6 Å². The summed E-state index contributed by atoms with van der Waals surface area (Å²) >= 11 is 6.12. The highest BCUT2D eigenvalue weighted by Gasteiger charge is 2.09. The van der Waals surface area contributed by atoms with Crippen LogP contribution < -0.4 is 10.6 Å². The number of pyridine rings is 1. The minimum absolute atomic E-state index is 0.193. The minimum atomic E-state index is -0.193. The third-order valence-corrected chi connectivity index (χ3v) is 4.44. The molecule has 1 aromatic heterocycles. The number of hydrogen-bond donors (Lipinski definition) is 2. The number of carbonyl (C=O) groups excluding carboxylic acids is 1. The van der Waals surface area contributed by atoms with Crippen molar-refractivity contribution >= 4 is 28.9 Å². The van der Waals surface area contributed by atoms with E-state index >= 15 is 0 Å². The standard InChI is InChI=1S/C21H20ClN3O/c1-14-7-8-15(2)20(9-14)25-18-10-17(11-23-13-18)21(26)24-12-16-5-3-4-6-19(16)22/h3-11,13,25H,12H2,1-2H3,(H,24,26). The van der Waals surface area contributed by atoms with Gasteiger partial charge in [0.1, 0.15) is 0 Å². The van der Waals surface area contributed by atoms with Crippen LogP contribution in [0.3, 0.4) is 0 Å². The predicted octanol–water partition coefficient (Wildman–Crippen LogP) is 5.03. The molecule has 3 rings (SSSR count). The number of hydrogen-bond acceptors (Lipinski definition) is 3. The van der Waals surface area contributed by atoms with E-state index in [1.807, 2.05) is 32.0 Å². The van der Waals surface area contributed by atoms with Gasteiger partial charge in [0.25, 0.3) is 5.91 Å². The van der Waals surface area contributed by atoms with Crippen molar-refractivity contribution in [1.29, 1.82) is 0 Å². The molecule has 0 saturated carbocycles. The van der Waals surface area contributed by atoms with Gasteiger partial charge in [-0.2, -0.15) is 0 Å². The van der Waals surface area contributed by atoms with Crippen LogP contribution in [-0.2, 0) is 6.54 Å². The van der Waals surface area contributed by atoms with Crippen molar-refractivity contribution in [2.24, 2.45) is 0 Å². The first kappa shape index (κ1) is 18.0. The van der Waals surface area contributed by atoms with Crippen LogP contribution in [0, 0.1) is 13.8 Å². The lowest BCUT2D eigenvalue weighted by atomic mass is 10.1. The lowest BCUT2D eigenvalue weighted by Crippen LogP contribution is -2.23. The quantitative estimate of drug-likeness (QED) is 0.667. The number of benzene rings is 2. The summed E-state index contributed by atoms with van der Waals surface area (Å²) in [6.07, 6.45) is 3.25. The van der Waals surface area contributed by atoms with Gasteiger partial charge in [-0.3, -0.25) is 9.78 Å². The van der Waals surface area contributed by atoms with E-state index in [2.05, 4.69) is 33.8 Å². The van der Waals surface area contributed by atoms with E-state index in [1.165, 1.54) is 5.56 Å². The van der Waals surface area contributed by atoms with Gasteiger partial charge in [-0.15, -0.1) is 0 Å². The molecular weight excluding hydrogens is 346 g/mol. The van der Waals surface area contributed by atoms with Crippen molar-refractivity contribution in [3.63, 3.8) is 0 Å². The van der Waals surface area contributed by atoms with Crippen molar-refractivity contribution in [3.8, 4) is 0 Å². The third kappa shape index (κ3) is 4.41. The van der Waals surface area contributed by atoms with Gasteiger partial charge >= 0.3 is 0 Å². The number of halogens is 1. The molecule has 1 heterocycles. The van der Waals surface area contributed by atoms with E-state index in [1.54, 1.807) is 24.5 Å². The molecule has 0 aliphatic rings. The number of amides is 1. The van der Waals surface area contributed by atoms with Crippen LogP contribution in [0.5, 0.6) is 0 Å². The van der Waals surface area contributed by atoms with Gasteiger partial charge < -0.3 is 10.6 Å². The Morgan fingerprint density at radius 3 is 2.69 bits per heavy atom. The zero-order valence-corrected chi connectivity index (χ0v) is 15.5. The fourth-order valence-electron chi connectivity index (χ4n) is 2.58. The Morgan fingerprint density at radius 1 is 1.08 bits per heavy atom. The Morgan fingerprint density at radius 2 is 1.88 bits per heavy atom. The summed E-state index contributed by atoms with van der Waals surface area (Å²) in [6, 6.07) is 15.4. The lowest BCUT2D eigenvalue weighted by Gasteiger charge is -2.12. The third-order valence-electron chi connectivity index (χ3n) is 4.07. The maximum absolute atomic E-state index is 12.4. The maximum Gasteiger partial charge on any atom is 0.253 e. The van der Waals surface area contributed by atoms with Crippen molar-refractivity contribution in [2.45, 2.75) is 20.4 Å². The van der Waals surface area contributed by atoms with Crippen molar-refractivity contribution < 1.29 is 4.79 Å². The van der Waals surface area contributed by atoms with E-state index in [0.717, 1.165) is 22.5 Å². The molecule has 1 amide bonds. The summed E-state index contributed by atoms with van der Waals surface area (Å²) in [4.78, 5) is 16.6. The second-order valence-corrected chi connectivity index (χ2v) is 6.59. The number of rotatable bonds is 5. The molecule has 0 bridgehead atoms. The summed E-state index contributed by atoms with van der Waals surface area (Å²) < 4.78 is 0. The monoisotopic (exact) mass is 365 g/mol. The van der Waals surface area contributed by atoms with Crippen LogP contribution in [0.4, 0.5) is 11.4 Å². The number of anilines is 2. The van der Waals surface area contributed by atoms with Gasteiger partial charge in [-0.1, -0.05) is 41.9 Å². The van der Waals surface area contributed by atoms with Gasteiger partial charge in [0.05, 0.1) is 17.4 Å². The molecule has 0 radical (unpaired) electrons. The Labute approximate surface area is 158 Å². The van der Waals surface area contributed by atoms with Crippen molar-refractivity contribution in [3.05, 3.63) is 88.2 Å². The van der Waals surface area contributed by atoms with Gasteiger partial charge in [0.15, 0.2) is 0 Å². The number of nitrogens with zero attached hydrogens (tertiary/aromatic N) is 1. The molecule has 0 saturated heterocycles. The zero-order chi connectivity index (χ0) is 18.5. The first-order chi connectivity index (χ1) is 12.5. The average Bonchev–Trinajstić information content (AvgIpc) is 2.64. The lowest BCUT2D eigenvalue weighted by molar-refractivity contribution is 0.0950. The smallest absolute Gasteiger partial charge is 0.253 e. The molecule has 0 fully saturated rings. The van der Waals surface area contributed by atoms with Crippen LogP contribution in [0.2, 0.25) is 5.02 Å². The molecule has 0 aliphatic heterocycles. The Bertz CT molecular complexity index is 940. The van der Waals surface area contributed by atoms with Gasteiger partial charge in [-0.25, -0.2) is 0 Å². The summed E-state index contributed by atoms with van der Waals surface area (Å²) in [7, 11) is 0. The Kier molecular flexibility index (Phi) is 5.54. The number of nitrogens with one attached hydrogen (secondary N) is 2. The summed E-state index contributed by atoms with van der Waals surface area (Å²) in [6.45, 7) is 4.45. The molecule has 4 nitrogen and oxygen atoms in total. The highest BCUT2D eigenvalue weighted by molar-refractivity contribution is 6.31. The summed E-state index contributed by atoms with van der Waals surface area (Å²) in [5.74, 6) is -0.193. The Balaban J connectivity index is 1.71. The van der Waals surface area contributed by atoms with Crippen LogP contribution in [-0.4, -0.2) is 10.9 Å². The van der Waals surface area contributed by atoms with Gasteiger partial charge in [0, 0.05) is 23.5 Å². The molecule has 3 aromatic rings. The van der Waals surface area contributed by atoms with Crippen LogP contribution in [0.15, 0.2) is 60.9 Å². The summed E-state index contributed by atoms with van der Waals surface area (Å²) in [5, 5.41) is 6.84. The highest BCUT2D eigenvalue weighted by atomic mass is 35.5. The molecule has 2 aromatic carbocycles. The van der Waals surface area contributed by atoms with Gasteiger partial charge in [-0.05, 0) is 48.7 Å². The second-order valence-electron chi connectivity index (χ2n) is 6.18. The number of carbonyl (C=O) groups is 1. The number of aromatic nitrogens is 1. The summed E-state index contributed by atoms with van der Waals surface area (Å²) in [5.41, 5.74) is 5.43. The van der Waals surface area contributed by atoms with Crippen LogP contribution in [0.25, 0.3) is 0 Å². The molecule has 0 aliphatic carbocycles. The van der Waals surface area contributed by atoms with Gasteiger partial charge in [0.2, 0.25) is 0 Å². The number of aryl methyl sites for hydroxylation is 2. The normalized spacial score (nSPS) is 10.4. The van der Waals surface area contributed by atoms with Crippen molar-refractivity contribution in [1.82, 2.24) is 10.3 Å². The predicted molar refractivity (Wildman–Crippen MR) is 106 cm³/mol. The van der Waals surface area contributed by atoms with E-state index in [9.17, 15) is 4.79 Å². The van der Waals surface area contributed by atoms with Crippen LogP contribution in [0.1, 0.15) is 27.0 Å². The topological polar surface area (TPSA) is 54.0 Å². The molecule has 132 valence electrons. The molecule has 26 heavy (non-hydrogen) atoms. The molecule has 2 N–H and O–H groups in total. The fourth-order valence-corrected chi connectivity index (χ4v) is 2.78. The first-order valence-corrected chi connectivity index (χ1v) is 8.71. The SMILES string of the molecule is Cc1ccc(C)c(Nc2cncc(C(=O)NCc3ccccc3Cl)c2)c1. The van der Waals surface area contributed by atoms with Crippen LogP contribution >= 0.6 is 11.6 Å². The average molecular weight is 366 g/mol. The minimum Gasteiger partial charge on any atom is -0.354 e. The molecule has 0 unspecified atom stereocenters. The molecule has 5 heteroatoms. The largest absolute Gasteiger partial charge is 0.354 e. The maximum atomic E-state index is 12.4. The zero-order valence-electron chi connectivity index (χ0n) is 14.7. The van der Waals surface area contributed by atoms with Crippen molar-refractivity contribution in [2.75, 3.05) is 5.32 Å². The van der Waals surface area contributed by atoms with E-state index in [0.29, 0.717) is 17.1 Å². The molecule has 0 spiro atoms. The fraction of sp³-hybridized carbons (Fsp3) is 0.143. The van der Waals surface area contributed by atoms with E-state index < -0.39 is 0 Å². The second kappa shape index (κ2) is 8.02. The first-order valence-electron chi connectivity index (χ1n) is 8.34. The highest BCUT2D eigenvalue weighted by Crippen LogP contribution is 2.22. The van der Waals surface area contributed by atoms with E-state index in [-0.39, 0.29) is 5.91 Å². The Hall–Kier alpha value is -2.85. The molecule has 0 atom stereocenters.